The van der Waals surface area contributed by atoms with Crippen molar-refractivity contribution in [2.75, 3.05) is 6.54 Å². The Kier molecular flexibility index (Phi) is 3.88. The summed E-state index contributed by atoms with van der Waals surface area (Å²) in [4.78, 5) is 10.7. The van der Waals surface area contributed by atoms with Crippen molar-refractivity contribution in [3.05, 3.63) is 47.1 Å². The second-order valence-electron chi connectivity index (χ2n) is 6.23. The van der Waals surface area contributed by atoms with Gasteiger partial charge in [0.25, 0.3) is 0 Å². The van der Waals surface area contributed by atoms with Gasteiger partial charge in [-0.3, -0.25) is 4.68 Å². The van der Waals surface area contributed by atoms with Gasteiger partial charge in [-0.05, 0) is 30.9 Å². The zero-order valence-electron chi connectivity index (χ0n) is 13.4. The molecular weight excluding hydrogens is 345 g/mol. The first kappa shape index (κ1) is 16.0. The molecule has 0 saturated heterocycles. The second-order valence-corrected chi connectivity index (χ2v) is 6.64. The zero-order chi connectivity index (χ0) is 17.6. The van der Waals surface area contributed by atoms with Gasteiger partial charge in [-0.15, -0.1) is 0 Å². The number of urea groups is 1. The average Bonchev–Trinajstić information content (AvgIpc) is 3.19. The number of primary amides is 1. The number of hydrogen-bond donors (Lipinski definition) is 2. The van der Waals surface area contributed by atoms with Crippen LogP contribution in [0.2, 0.25) is 5.02 Å². The summed E-state index contributed by atoms with van der Waals surface area (Å²) in [5.74, 6) is 0.0136. The molecular formula is C17H17ClFN5O. The molecule has 2 aromatic heterocycles. The number of aromatic nitrogens is 3. The molecule has 0 bridgehead atoms. The van der Waals surface area contributed by atoms with Gasteiger partial charge in [-0.25, -0.2) is 9.18 Å². The van der Waals surface area contributed by atoms with E-state index in [-0.39, 0.29) is 5.02 Å². The lowest BCUT2D eigenvalue weighted by Gasteiger charge is -2.09. The number of hydrogen-bond acceptors (Lipinski definition) is 2. The van der Waals surface area contributed by atoms with Crippen LogP contribution in [0.5, 0.6) is 0 Å². The van der Waals surface area contributed by atoms with Crippen LogP contribution < -0.4 is 11.1 Å². The van der Waals surface area contributed by atoms with E-state index in [1.54, 1.807) is 16.9 Å². The van der Waals surface area contributed by atoms with Gasteiger partial charge in [0.05, 0.1) is 29.0 Å². The van der Waals surface area contributed by atoms with Crippen LogP contribution >= 0.6 is 11.6 Å². The number of benzene rings is 1. The predicted molar refractivity (Wildman–Crippen MR) is 93.6 cm³/mol. The number of fused-ring (bicyclic) bond motifs is 1. The van der Waals surface area contributed by atoms with Crippen LogP contribution in [0.1, 0.15) is 24.5 Å². The number of nitrogens with two attached hydrogens (primary N) is 1. The highest BCUT2D eigenvalue weighted by Crippen LogP contribution is 2.44. The lowest BCUT2D eigenvalue weighted by molar-refractivity contribution is 0.248. The van der Waals surface area contributed by atoms with Crippen LogP contribution in [0, 0.1) is 5.82 Å². The Morgan fingerprint density at radius 2 is 2.24 bits per heavy atom. The molecule has 4 rings (SSSR count). The van der Waals surface area contributed by atoms with Crippen LogP contribution in [0.25, 0.3) is 16.6 Å². The highest BCUT2D eigenvalue weighted by molar-refractivity contribution is 6.31. The van der Waals surface area contributed by atoms with Crippen molar-refractivity contribution in [2.45, 2.75) is 25.3 Å². The van der Waals surface area contributed by atoms with E-state index in [0.717, 1.165) is 29.6 Å². The van der Waals surface area contributed by atoms with Gasteiger partial charge in [-0.1, -0.05) is 17.7 Å². The normalized spacial score (nSPS) is 14.2. The Morgan fingerprint density at radius 1 is 1.44 bits per heavy atom. The number of carbonyl (C=O) groups is 1. The van der Waals surface area contributed by atoms with Crippen molar-refractivity contribution in [1.82, 2.24) is 19.7 Å². The van der Waals surface area contributed by atoms with Gasteiger partial charge in [0, 0.05) is 23.8 Å². The monoisotopic (exact) mass is 361 g/mol. The van der Waals surface area contributed by atoms with Gasteiger partial charge < -0.3 is 15.6 Å². The molecule has 25 heavy (non-hydrogen) atoms. The maximum atomic E-state index is 14.7. The minimum absolute atomic E-state index is 0.104. The molecule has 1 aromatic carbocycles. The molecule has 3 N–H and O–H groups in total. The molecule has 1 saturated carbocycles. The lowest BCUT2D eigenvalue weighted by Crippen LogP contribution is -2.32. The maximum Gasteiger partial charge on any atom is 0.312 e. The summed E-state index contributed by atoms with van der Waals surface area (Å²) < 4.78 is 18.3. The summed E-state index contributed by atoms with van der Waals surface area (Å²) in [6.45, 7) is 0.850. The van der Waals surface area contributed by atoms with E-state index in [4.69, 9.17) is 17.3 Å². The topological polar surface area (TPSA) is 77.9 Å². The van der Waals surface area contributed by atoms with E-state index in [1.165, 1.54) is 0 Å². The largest absolute Gasteiger partial charge is 0.352 e. The smallest absolute Gasteiger partial charge is 0.312 e. The van der Waals surface area contributed by atoms with Gasteiger partial charge >= 0.3 is 6.03 Å². The van der Waals surface area contributed by atoms with E-state index in [9.17, 15) is 9.18 Å². The first-order chi connectivity index (χ1) is 12.0. The third kappa shape index (κ3) is 2.95. The van der Waals surface area contributed by atoms with Crippen molar-refractivity contribution in [2.24, 2.45) is 5.73 Å². The third-order valence-corrected chi connectivity index (χ3v) is 4.69. The number of carbonyl (C=O) groups excluding carboxylic acids is 1. The molecule has 0 unspecified atom stereocenters. The standard InChI is InChI=1S/C17H17ClFN5O/c18-13-4-3-11-7-14(10-1-2-10)24(16(11)15(13)19)12-8-22-23(9-12)6-5-21-17(20)25/h3-4,7-10H,1-2,5-6H2,(H3,20,21,25). The summed E-state index contributed by atoms with van der Waals surface area (Å²) in [7, 11) is 0. The predicted octanol–water partition coefficient (Wildman–Crippen LogP) is 3.17. The summed E-state index contributed by atoms with van der Waals surface area (Å²) >= 11 is 5.99. The summed E-state index contributed by atoms with van der Waals surface area (Å²) in [6.07, 6.45) is 5.72. The highest BCUT2D eigenvalue weighted by Gasteiger charge is 2.30. The van der Waals surface area contributed by atoms with Crippen molar-refractivity contribution >= 4 is 28.5 Å². The Balaban J connectivity index is 1.75. The number of nitrogens with zero attached hydrogens (tertiary/aromatic N) is 3. The fourth-order valence-electron chi connectivity index (χ4n) is 3.09. The summed E-state index contributed by atoms with van der Waals surface area (Å²) in [5, 5.41) is 7.74. The van der Waals surface area contributed by atoms with Crippen molar-refractivity contribution in [1.29, 1.82) is 0 Å². The van der Waals surface area contributed by atoms with E-state index >= 15 is 0 Å². The van der Waals surface area contributed by atoms with Crippen molar-refractivity contribution in [3.8, 4) is 5.69 Å². The first-order valence-corrected chi connectivity index (χ1v) is 8.48. The Hall–Kier alpha value is -2.54. The molecule has 8 heteroatoms. The van der Waals surface area contributed by atoms with Crippen LogP contribution in [-0.2, 0) is 6.54 Å². The van der Waals surface area contributed by atoms with E-state index in [2.05, 4.69) is 10.4 Å². The number of rotatable bonds is 5. The minimum atomic E-state index is -0.573. The number of nitrogens with one attached hydrogen (secondary N) is 1. The van der Waals surface area contributed by atoms with Crippen LogP contribution in [0.3, 0.4) is 0 Å². The molecule has 3 aromatic rings. The highest BCUT2D eigenvalue weighted by atomic mass is 35.5. The van der Waals surface area contributed by atoms with E-state index in [1.807, 2.05) is 22.9 Å². The molecule has 0 aliphatic heterocycles. The minimum Gasteiger partial charge on any atom is -0.352 e. The lowest BCUT2D eigenvalue weighted by atomic mass is 10.2. The molecule has 2 heterocycles. The fourth-order valence-corrected chi connectivity index (χ4v) is 3.25. The molecule has 0 atom stereocenters. The molecule has 0 radical (unpaired) electrons. The molecule has 1 fully saturated rings. The molecule has 130 valence electrons. The summed E-state index contributed by atoms with van der Waals surface area (Å²) in [6, 6.07) is 4.87. The van der Waals surface area contributed by atoms with Gasteiger partial charge in [0.15, 0.2) is 5.82 Å². The van der Waals surface area contributed by atoms with Gasteiger partial charge in [-0.2, -0.15) is 5.10 Å². The zero-order valence-corrected chi connectivity index (χ0v) is 14.1. The SMILES string of the molecule is NC(=O)NCCn1cc(-n2c(C3CC3)cc3ccc(Cl)c(F)c32)cn1. The van der Waals surface area contributed by atoms with E-state index in [0.29, 0.717) is 24.5 Å². The Morgan fingerprint density at radius 3 is 2.96 bits per heavy atom. The van der Waals surface area contributed by atoms with E-state index < -0.39 is 11.8 Å². The molecule has 1 aliphatic carbocycles. The maximum absolute atomic E-state index is 14.7. The molecule has 6 nitrogen and oxygen atoms in total. The molecule has 2 amide bonds. The number of amides is 2. The quantitative estimate of drug-likeness (QED) is 0.732. The van der Waals surface area contributed by atoms with Gasteiger partial charge in [0.2, 0.25) is 0 Å². The second kappa shape index (κ2) is 6.07. The molecule has 0 spiro atoms. The van der Waals surface area contributed by atoms with Gasteiger partial charge in [0.1, 0.15) is 0 Å². The average molecular weight is 362 g/mol. The number of halogens is 2. The first-order valence-electron chi connectivity index (χ1n) is 8.10. The Bertz CT molecular complexity index is 960. The van der Waals surface area contributed by atoms with Crippen molar-refractivity contribution in [3.63, 3.8) is 0 Å². The molecule has 1 aliphatic rings. The van der Waals surface area contributed by atoms with Crippen LogP contribution in [0.4, 0.5) is 9.18 Å². The summed E-state index contributed by atoms with van der Waals surface area (Å²) in [5.41, 5.74) is 7.38. The fraction of sp³-hybridized carbons (Fsp3) is 0.294. The van der Waals surface area contributed by atoms with Crippen LogP contribution in [0.15, 0.2) is 30.6 Å². The third-order valence-electron chi connectivity index (χ3n) is 4.40. The van der Waals surface area contributed by atoms with Crippen molar-refractivity contribution < 1.29 is 9.18 Å². The Labute approximate surface area is 148 Å². The van der Waals surface area contributed by atoms with Crippen LogP contribution in [-0.4, -0.2) is 26.9 Å².